The molecule has 4 heteroatoms. The summed E-state index contributed by atoms with van der Waals surface area (Å²) in [5, 5.41) is 13.2. The van der Waals surface area contributed by atoms with Crippen LogP contribution in [0.25, 0.3) is 0 Å². The Labute approximate surface area is 121 Å². The number of hydrogen-bond donors (Lipinski definition) is 2. The molecule has 0 aliphatic heterocycles. The fourth-order valence-corrected chi connectivity index (χ4v) is 1.86. The van der Waals surface area contributed by atoms with Crippen LogP contribution >= 0.6 is 0 Å². The van der Waals surface area contributed by atoms with Gasteiger partial charge in [0.15, 0.2) is 0 Å². The molecule has 2 N–H and O–H groups in total. The van der Waals surface area contributed by atoms with E-state index in [0.29, 0.717) is 18.7 Å². The molecule has 1 amide bonds. The summed E-state index contributed by atoms with van der Waals surface area (Å²) in [6.45, 7) is 10.8. The number of amides is 1. The molecule has 4 nitrogen and oxygen atoms in total. The Bertz CT molecular complexity index is 448. The molecule has 0 saturated carbocycles. The summed E-state index contributed by atoms with van der Waals surface area (Å²) in [5.74, 6) is 0.0366. The molecule has 112 valence electrons. The Morgan fingerprint density at radius 1 is 1.35 bits per heavy atom. The molecule has 1 rings (SSSR count). The van der Waals surface area contributed by atoms with Crippen molar-refractivity contribution in [2.75, 3.05) is 18.4 Å². The first-order chi connectivity index (χ1) is 9.29. The molecule has 0 aromatic heterocycles. The molecule has 0 saturated heterocycles. The number of anilines is 1. The van der Waals surface area contributed by atoms with E-state index < -0.39 is 5.60 Å². The highest BCUT2D eigenvalue weighted by molar-refractivity contribution is 5.95. The van der Waals surface area contributed by atoms with E-state index in [2.05, 4.69) is 5.32 Å². The lowest BCUT2D eigenvalue weighted by atomic mass is 10.0. The van der Waals surface area contributed by atoms with Crippen LogP contribution in [0, 0.1) is 0 Å². The Morgan fingerprint density at radius 2 is 1.95 bits per heavy atom. The van der Waals surface area contributed by atoms with Gasteiger partial charge in [-0.3, -0.25) is 4.79 Å². The van der Waals surface area contributed by atoms with Gasteiger partial charge in [0.1, 0.15) is 0 Å². The lowest BCUT2D eigenvalue weighted by molar-refractivity contribution is 0.0649. The monoisotopic (exact) mass is 278 g/mol. The number of nitrogens with zero attached hydrogens (tertiary/aromatic N) is 1. The molecule has 0 fully saturated rings. The largest absolute Gasteiger partial charge is 0.388 e. The molecule has 0 aliphatic carbocycles. The average molecular weight is 278 g/mol. The van der Waals surface area contributed by atoms with Gasteiger partial charge in [0, 0.05) is 24.3 Å². The van der Waals surface area contributed by atoms with Gasteiger partial charge in [-0.1, -0.05) is 6.07 Å². The second kappa shape index (κ2) is 6.75. The topological polar surface area (TPSA) is 52.6 Å². The fourth-order valence-electron chi connectivity index (χ4n) is 1.86. The van der Waals surface area contributed by atoms with Gasteiger partial charge in [-0.05, 0) is 52.8 Å². The highest BCUT2D eigenvalue weighted by Crippen LogP contribution is 2.17. The zero-order valence-electron chi connectivity index (χ0n) is 13.1. The summed E-state index contributed by atoms with van der Waals surface area (Å²) in [6.07, 6.45) is 0. The van der Waals surface area contributed by atoms with Crippen molar-refractivity contribution >= 4 is 11.6 Å². The van der Waals surface area contributed by atoms with Gasteiger partial charge in [0.25, 0.3) is 5.91 Å². The predicted molar refractivity (Wildman–Crippen MR) is 83.1 cm³/mol. The van der Waals surface area contributed by atoms with E-state index in [0.717, 1.165) is 5.69 Å². The van der Waals surface area contributed by atoms with E-state index in [1.807, 2.05) is 45.0 Å². The Kier molecular flexibility index (Phi) is 5.57. The molecule has 1 aromatic carbocycles. The SMILES string of the molecule is CCN(CC)C(=O)c1cccc(NC(C)C(C)(C)O)c1. The van der Waals surface area contributed by atoms with Gasteiger partial charge in [0.2, 0.25) is 0 Å². The third kappa shape index (κ3) is 4.23. The molecule has 0 bridgehead atoms. The van der Waals surface area contributed by atoms with Crippen molar-refractivity contribution in [3.05, 3.63) is 29.8 Å². The van der Waals surface area contributed by atoms with Crippen LogP contribution in [0.5, 0.6) is 0 Å². The highest BCUT2D eigenvalue weighted by atomic mass is 16.3. The minimum atomic E-state index is -0.821. The Morgan fingerprint density at radius 3 is 2.45 bits per heavy atom. The van der Waals surface area contributed by atoms with Crippen LogP contribution in [0.2, 0.25) is 0 Å². The number of benzene rings is 1. The molecular weight excluding hydrogens is 252 g/mol. The zero-order chi connectivity index (χ0) is 15.3. The molecule has 0 radical (unpaired) electrons. The van der Waals surface area contributed by atoms with Crippen LogP contribution in [0.3, 0.4) is 0 Å². The van der Waals surface area contributed by atoms with Crippen molar-refractivity contribution in [1.29, 1.82) is 0 Å². The van der Waals surface area contributed by atoms with Crippen LogP contribution < -0.4 is 5.32 Å². The van der Waals surface area contributed by atoms with Crippen LogP contribution in [0.4, 0.5) is 5.69 Å². The van der Waals surface area contributed by atoms with E-state index in [9.17, 15) is 9.90 Å². The summed E-state index contributed by atoms with van der Waals surface area (Å²) in [7, 11) is 0. The van der Waals surface area contributed by atoms with Crippen molar-refractivity contribution in [2.45, 2.75) is 46.3 Å². The fraction of sp³-hybridized carbons (Fsp3) is 0.562. The summed E-state index contributed by atoms with van der Waals surface area (Å²) < 4.78 is 0. The summed E-state index contributed by atoms with van der Waals surface area (Å²) in [4.78, 5) is 14.1. The predicted octanol–water partition coefficient (Wildman–Crippen LogP) is 2.74. The number of nitrogens with one attached hydrogen (secondary N) is 1. The van der Waals surface area contributed by atoms with Crippen molar-refractivity contribution in [2.24, 2.45) is 0 Å². The molecule has 0 spiro atoms. The summed E-state index contributed by atoms with van der Waals surface area (Å²) in [5.41, 5.74) is 0.693. The summed E-state index contributed by atoms with van der Waals surface area (Å²) >= 11 is 0. The molecule has 20 heavy (non-hydrogen) atoms. The molecule has 0 aliphatic rings. The van der Waals surface area contributed by atoms with Gasteiger partial charge in [-0.2, -0.15) is 0 Å². The van der Waals surface area contributed by atoms with E-state index in [-0.39, 0.29) is 11.9 Å². The minimum absolute atomic E-state index is 0.0366. The van der Waals surface area contributed by atoms with Crippen molar-refractivity contribution in [3.63, 3.8) is 0 Å². The number of aliphatic hydroxyl groups is 1. The van der Waals surface area contributed by atoms with Crippen LogP contribution in [0.1, 0.15) is 45.0 Å². The third-order valence-electron chi connectivity index (χ3n) is 3.60. The Hall–Kier alpha value is -1.55. The standard InChI is InChI=1S/C16H26N2O2/c1-6-18(7-2)15(19)13-9-8-10-14(11-13)17-12(3)16(4,5)20/h8-12,17,20H,6-7H2,1-5H3. The van der Waals surface area contributed by atoms with Crippen LogP contribution in [-0.4, -0.2) is 40.6 Å². The maximum Gasteiger partial charge on any atom is 0.253 e. The van der Waals surface area contributed by atoms with Gasteiger partial charge >= 0.3 is 0 Å². The molecular formula is C16H26N2O2. The lowest BCUT2D eigenvalue weighted by Crippen LogP contribution is -2.39. The van der Waals surface area contributed by atoms with Crippen molar-refractivity contribution < 1.29 is 9.90 Å². The zero-order valence-corrected chi connectivity index (χ0v) is 13.1. The normalized spacial score (nSPS) is 12.9. The van der Waals surface area contributed by atoms with E-state index in [1.54, 1.807) is 18.7 Å². The Balaban J connectivity index is 2.88. The van der Waals surface area contributed by atoms with E-state index in [1.165, 1.54) is 0 Å². The van der Waals surface area contributed by atoms with Gasteiger partial charge < -0.3 is 15.3 Å². The third-order valence-corrected chi connectivity index (χ3v) is 3.60. The second-order valence-corrected chi connectivity index (χ2v) is 5.58. The molecule has 0 heterocycles. The first-order valence-electron chi connectivity index (χ1n) is 7.17. The maximum atomic E-state index is 12.3. The number of hydrogen-bond acceptors (Lipinski definition) is 3. The number of carbonyl (C=O) groups is 1. The summed E-state index contributed by atoms with van der Waals surface area (Å²) in [6, 6.07) is 7.31. The van der Waals surface area contributed by atoms with E-state index in [4.69, 9.17) is 0 Å². The molecule has 1 atom stereocenters. The van der Waals surface area contributed by atoms with Gasteiger partial charge in [-0.15, -0.1) is 0 Å². The van der Waals surface area contributed by atoms with Gasteiger partial charge in [0.05, 0.1) is 11.6 Å². The van der Waals surface area contributed by atoms with Crippen LogP contribution in [0.15, 0.2) is 24.3 Å². The second-order valence-electron chi connectivity index (χ2n) is 5.58. The lowest BCUT2D eigenvalue weighted by Gasteiger charge is -2.28. The molecule has 1 aromatic rings. The van der Waals surface area contributed by atoms with Crippen molar-refractivity contribution in [1.82, 2.24) is 4.90 Å². The smallest absolute Gasteiger partial charge is 0.253 e. The maximum absolute atomic E-state index is 12.3. The van der Waals surface area contributed by atoms with Crippen LogP contribution in [-0.2, 0) is 0 Å². The first kappa shape index (κ1) is 16.5. The molecule has 1 unspecified atom stereocenters. The quantitative estimate of drug-likeness (QED) is 0.841. The van der Waals surface area contributed by atoms with Crippen molar-refractivity contribution in [3.8, 4) is 0 Å². The van der Waals surface area contributed by atoms with E-state index >= 15 is 0 Å². The average Bonchev–Trinajstić information content (AvgIpc) is 2.39. The highest BCUT2D eigenvalue weighted by Gasteiger charge is 2.22. The number of rotatable bonds is 6. The number of carbonyl (C=O) groups excluding carboxylic acids is 1. The first-order valence-corrected chi connectivity index (χ1v) is 7.17. The van der Waals surface area contributed by atoms with Gasteiger partial charge in [-0.25, -0.2) is 0 Å². The minimum Gasteiger partial charge on any atom is -0.388 e.